The van der Waals surface area contributed by atoms with Crippen LogP contribution in [0, 0.1) is 6.92 Å². The maximum absolute atomic E-state index is 13.6. The molecule has 10 nitrogen and oxygen atoms in total. The number of rotatable bonds is 11. The molecule has 3 atom stereocenters. The summed E-state index contributed by atoms with van der Waals surface area (Å²) in [7, 11) is 1.18. The van der Waals surface area contributed by atoms with E-state index in [1.54, 1.807) is 19.2 Å². The largest absolute Gasteiger partial charge is 0.493 e. The van der Waals surface area contributed by atoms with Gasteiger partial charge in [0.15, 0.2) is 11.5 Å². The molecule has 0 saturated carbocycles. The number of hydrogen-bond acceptors (Lipinski definition) is 8. The summed E-state index contributed by atoms with van der Waals surface area (Å²) in [5, 5.41) is 3.09. The lowest BCUT2D eigenvalue weighted by atomic mass is 9.98. The Balaban J connectivity index is 1.13. The first-order valence-electron chi connectivity index (χ1n) is 19.6. The Bertz CT molecular complexity index is 2240. The summed E-state index contributed by atoms with van der Waals surface area (Å²) in [6.07, 6.45) is 11.7. The maximum Gasteiger partial charge on any atom is 0.257 e. The summed E-state index contributed by atoms with van der Waals surface area (Å²) < 4.78 is 18.2. The lowest BCUT2D eigenvalue weighted by molar-refractivity contribution is -0.116. The highest BCUT2D eigenvalue weighted by Crippen LogP contribution is 2.40. The lowest BCUT2D eigenvalue weighted by Crippen LogP contribution is -2.35. The number of carbonyl (C=O) groups excluding carboxylic acids is 3. The van der Waals surface area contributed by atoms with Crippen molar-refractivity contribution >= 4 is 56.0 Å². The lowest BCUT2D eigenvalue weighted by Gasteiger charge is -2.23. The van der Waals surface area contributed by atoms with Crippen LogP contribution in [0.25, 0.3) is 0 Å². The van der Waals surface area contributed by atoms with Crippen molar-refractivity contribution in [2.45, 2.75) is 96.8 Å². The predicted molar refractivity (Wildman–Crippen MR) is 230 cm³/mol. The quantitative estimate of drug-likeness (QED) is 0.196. The molecule has 4 aliphatic rings. The third-order valence-corrected chi connectivity index (χ3v) is 14.7. The number of hydrogen-bond donors (Lipinski definition) is 1. The number of ether oxygens (including phenoxy) is 3. The number of nitrogens with one attached hydrogen (secondary N) is 1. The average molecular weight is 809 g/mol. The number of methoxy groups -OCH3 is 1. The molecule has 0 spiro atoms. The van der Waals surface area contributed by atoms with Crippen LogP contribution in [0.2, 0.25) is 0 Å². The molecule has 12 heteroatoms. The predicted octanol–water partition coefficient (Wildman–Crippen LogP) is 7.96. The van der Waals surface area contributed by atoms with Gasteiger partial charge < -0.3 is 29.3 Å². The van der Waals surface area contributed by atoms with Gasteiger partial charge >= 0.3 is 0 Å². The van der Waals surface area contributed by atoms with E-state index in [2.05, 4.69) is 17.5 Å². The van der Waals surface area contributed by atoms with Gasteiger partial charge in [0.1, 0.15) is 19.0 Å². The average Bonchev–Trinajstić information content (AvgIpc) is 3.75. The topological polar surface area (TPSA) is 110 Å². The minimum atomic E-state index is -0.375. The van der Waals surface area contributed by atoms with Crippen LogP contribution in [0.1, 0.15) is 96.3 Å². The van der Waals surface area contributed by atoms with E-state index in [4.69, 9.17) is 30.4 Å². The summed E-state index contributed by atoms with van der Waals surface area (Å²) in [6, 6.07) is 13.4. The van der Waals surface area contributed by atoms with Crippen LogP contribution in [-0.2, 0) is 45.1 Å². The Labute approximate surface area is 342 Å². The number of amides is 3. The molecule has 3 amide bonds. The number of aliphatic imine (C=N–C) groups is 1. The first kappa shape index (κ1) is 40.4. The number of carbonyl (C=O) groups is 3. The van der Waals surface area contributed by atoms with Crippen LogP contribution < -0.4 is 19.5 Å². The maximum atomic E-state index is 13.6. The zero-order chi connectivity index (χ0) is 40.6. The zero-order valence-electron chi connectivity index (χ0n) is 33.9. The van der Waals surface area contributed by atoms with Crippen molar-refractivity contribution in [1.82, 2.24) is 9.80 Å². The minimum Gasteiger partial charge on any atom is -0.493 e. The molecule has 7 rings (SSSR count). The molecule has 0 bridgehead atoms. The van der Waals surface area contributed by atoms with Crippen molar-refractivity contribution < 1.29 is 28.6 Å². The molecule has 1 unspecified atom stereocenters. The Hall–Kier alpha value is -4.81. The van der Waals surface area contributed by atoms with E-state index in [9.17, 15) is 14.4 Å². The highest BCUT2D eigenvalue weighted by molar-refractivity contribution is 8.29. The first-order valence-corrected chi connectivity index (χ1v) is 22.1. The number of benzene rings is 3. The van der Waals surface area contributed by atoms with Crippen molar-refractivity contribution in [2.24, 2.45) is 4.99 Å². The molecule has 2 saturated heterocycles. The summed E-state index contributed by atoms with van der Waals surface area (Å²) in [5.41, 5.74) is 8.44. The van der Waals surface area contributed by atoms with Gasteiger partial charge in [-0.1, -0.05) is 34.5 Å². The summed E-state index contributed by atoms with van der Waals surface area (Å²) in [4.78, 5) is 49.2. The molecule has 0 aliphatic carbocycles. The fourth-order valence-corrected chi connectivity index (χ4v) is 8.59. The smallest absolute Gasteiger partial charge is 0.257 e. The van der Waals surface area contributed by atoms with Crippen molar-refractivity contribution in [2.75, 3.05) is 31.8 Å². The van der Waals surface area contributed by atoms with Gasteiger partial charge in [-0.15, -0.1) is 9.45 Å². The molecule has 2 fully saturated rings. The monoisotopic (exact) mass is 808 g/mol. The van der Waals surface area contributed by atoms with Crippen molar-refractivity contribution in [1.29, 1.82) is 0 Å². The van der Waals surface area contributed by atoms with Crippen LogP contribution in [-0.4, -0.2) is 77.0 Å². The SMILES string of the molecule is C/C=C1\C[C@H]2CCc3cc(OCc4cc(COc5cc6c(cc5OC)C(=O)N5C/C(=C/C)C[C@H]5C=N6)cc(NC(=O)CC(C)(C)S(C)=S)c4)c(C)cc3C(=O)N2C1. The van der Waals surface area contributed by atoms with Crippen LogP contribution >= 0.6 is 0 Å². The third-order valence-electron chi connectivity index (χ3n) is 11.7. The summed E-state index contributed by atoms with van der Waals surface area (Å²) in [5.74, 6) is 1.48. The molecule has 1 N–H and O–H groups in total. The molecule has 4 aliphatic heterocycles. The Morgan fingerprint density at radius 2 is 1.58 bits per heavy atom. The van der Waals surface area contributed by atoms with E-state index in [-0.39, 0.29) is 63.6 Å². The number of allylic oxidation sites excluding steroid dienone is 2. The molecule has 300 valence electrons. The molecule has 3 aromatic carbocycles. The van der Waals surface area contributed by atoms with Crippen LogP contribution in [0.4, 0.5) is 11.4 Å². The van der Waals surface area contributed by atoms with Gasteiger partial charge in [0.25, 0.3) is 11.8 Å². The molecule has 57 heavy (non-hydrogen) atoms. The van der Waals surface area contributed by atoms with Crippen molar-refractivity contribution in [3.8, 4) is 17.2 Å². The molecule has 0 aromatic heterocycles. The first-order chi connectivity index (χ1) is 27.3. The van der Waals surface area contributed by atoms with Gasteiger partial charge in [0, 0.05) is 53.8 Å². The number of nitrogens with zero attached hydrogens (tertiary/aromatic N) is 3. The second-order valence-corrected chi connectivity index (χ2v) is 19.6. The normalized spacial score (nSPS) is 20.8. The Morgan fingerprint density at radius 3 is 2.26 bits per heavy atom. The minimum absolute atomic E-state index is 0.0870. The van der Waals surface area contributed by atoms with Gasteiger partial charge in [0.05, 0.1) is 24.4 Å². The van der Waals surface area contributed by atoms with Crippen molar-refractivity contribution in [3.05, 3.63) is 99.1 Å². The van der Waals surface area contributed by atoms with Crippen LogP contribution in [0.5, 0.6) is 17.2 Å². The number of fused-ring (bicyclic) bond motifs is 4. The zero-order valence-corrected chi connectivity index (χ0v) is 35.5. The van der Waals surface area contributed by atoms with Gasteiger partial charge in [0.2, 0.25) is 5.91 Å². The van der Waals surface area contributed by atoms with Gasteiger partial charge in [-0.2, -0.15) is 0 Å². The Kier molecular flexibility index (Phi) is 11.7. The van der Waals surface area contributed by atoms with Gasteiger partial charge in [-0.05, 0) is 125 Å². The Morgan fingerprint density at radius 1 is 0.912 bits per heavy atom. The van der Waals surface area contributed by atoms with E-state index in [1.165, 1.54) is 11.1 Å². The highest BCUT2D eigenvalue weighted by atomic mass is 32.8. The van der Waals surface area contributed by atoms with E-state index >= 15 is 0 Å². The standard InChI is InChI=1S/C45H52N4O6S2/c1-8-28-16-34-11-10-32-18-39(27(3)12-36(32)43(51)48(34)23-28)54-25-30-13-31(15-33(14-30)47-42(50)21-45(4,5)57(7)56)26-55-41-20-38-37(19-40(41)53-6)44(52)49-24-29(9-2)17-35(49)22-46-38/h8-9,12-15,18-20,22,34-35H,10-11,16-17,21,23-26H2,1-7H3,(H,47,50)/b28-8+,29-9+/t34-,35+,57?/m1/s1. The number of anilines is 1. The van der Waals surface area contributed by atoms with Crippen LogP contribution in [0.3, 0.4) is 0 Å². The molecular weight excluding hydrogens is 757 g/mol. The molecular formula is C45H52N4O6S2. The summed E-state index contributed by atoms with van der Waals surface area (Å²) in [6.45, 7) is 11.7. The molecule has 0 radical (unpaired) electrons. The van der Waals surface area contributed by atoms with E-state index < -0.39 is 0 Å². The van der Waals surface area contributed by atoms with Crippen molar-refractivity contribution in [3.63, 3.8) is 0 Å². The van der Waals surface area contributed by atoms with E-state index in [0.29, 0.717) is 41.5 Å². The van der Waals surface area contributed by atoms with Crippen LogP contribution in [0.15, 0.2) is 70.8 Å². The fraction of sp³-hybridized carbons (Fsp3) is 0.422. The van der Waals surface area contributed by atoms with Gasteiger partial charge in [-0.3, -0.25) is 19.4 Å². The second kappa shape index (κ2) is 16.6. The summed E-state index contributed by atoms with van der Waals surface area (Å²) >= 11 is 5.54. The van der Waals surface area contributed by atoms with E-state index in [1.807, 2.05) is 87.2 Å². The number of aryl methyl sites for hydroxylation is 2. The van der Waals surface area contributed by atoms with Gasteiger partial charge in [-0.25, -0.2) is 0 Å². The highest BCUT2D eigenvalue weighted by Gasteiger charge is 2.36. The van der Waals surface area contributed by atoms with E-state index in [0.717, 1.165) is 59.3 Å². The second-order valence-electron chi connectivity index (χ2n) is 16.1. The molecule has 3 aromatic rings. The fourth-order valence-electron chi connectivity index (χ4n) is 8.08. The molecule has 4 heterocycles. The third kappa shape index (κ3) is 8.57.